The van der Waals surface area contributed by atoms with Crippen LogP contribution in [0.15, 0.2) is 16.6 Å². The van der Waals surface area contributed by atoms with Crippen molar-refractivity contribution in [3.63, 3.8) is 0 Å². The van der Waals surface area contributed by atoms with Crippen LogP contribution in [0.1, 0.15) is 17.3 Å². The van der Waals surface area contributed by atoms with Gasteiger partial charge in [0, 0.05) is 5.69 Å². The molecule has 12 heavy (non-hydrogen) atoms. The second-order valence-corrected chi connectivity index (χ2v) is 3.21. The molecule has 0 fully saturated rings. The van der Waals surface area contributed by atoms with Crippen LogP contribution >= 0.6 is 15.9 Å². The van der Waals surface area contributed by atoms with Gasteiger partial charge in [-0.05, 0) is 35.0 Å². The van der Waals surface area contributed by atoms with Gasteiger partial charge in [0.1, 0.15) is 5.75 Å². The van der Waals surface area contributed by atoms with E-state index in [1.807, 2.05) is 0 Å². The minimum Gasteiger partial charge on any atom is -0.507 e. The third-order valence-corrected chi connectivity index (χ3v) is 2.31. The Morgan fingerprint density at radius 3 is 2.58 bits per heavy atom. The molecule has 1 rings (SSSR count). The van der Waals surface area contributed by atoms with Gasteiger partial charge in [-0.25, -0.2) is 0 Å². The number of anilines is 1. The number of phenolic OH excluding ortho intramolecular Hbond substituents is 1. The van der Waals surface area contributed by atoms with Gasteiger partial charge < -0.3 is 10.8 Å². The van der Waals surface area contributed by atoms with Gasteiger partial charge in [0.25, 0.3) is 0 Å². The molecule has 0 aliphatic heterocycles. The van der Waals surface area contributed by atoms with E-state index in [0.29, 0.717) is 15.7 Å². The number of halogens is 1. The van der Waals surface area contributed by atoms with E-state index in [4.69, 9.17) is 5.73 Å². The number of nitrogen functional groups attached to an aromatic ring is 1. The van der Waals surface area contributed by atoms with Crippen LogP contribution in [0.3, 0.4) is 0 Å². The highest BCUT2D eigenvalue weighted by atomic mass is 79.9. The van der Waals surface area contributed by atoms with Crippen molar-refractivity contribution in [3.8, 4) is 5.75 Å². The van der Waals surface area contributed by atoms with Gasteiger partial charge in [0.05, 0.1) is 10.0 Å². The number of carbonyl (C=O) groups is 1. The van der Waals surface area contributed by atoms with E-state index in [0.717, 1.165) is 0 Å². The third kappa shape index (κ3) is 1.43. The van der Waals surface area contributed by atoms with Crippen molar-refractivity contribution in [1.29, 1.82) is 0 Å². The average Bonchev–Trinajstić information content (AvgIpc) is 1.97. The van der Waals surface area contributed by atoms with E-state index in [1.54, 1.807) is 0 Å². The first-order valence-electron chi connectivity index (χ1n) is 3.32. The Balaban J connectivity index is 3.43. The van der Waals surface area contributed by atoms with Gasteiger partial charge in [0.2, 0.25) is 0 Å². The third-order valence-electron chi connectivity index (χ3n) is 1.51. The van der Waals surface area contributed by atoms with Crippen molar-refractivity contribution in [3.05, 3.63) is 22.2 Å². The van der Waals surface area contributed by atoms with E-state index in [9.17, 15) is 9.90 Å². The second-order valence-electron chi connectivity index (χ2n) is 2.42. The van der Waals surface area contributed by atoms with E-state index in [-0.39, 0.29) is 11.5 Å². The van der Waals surface area contributed by atoms with Crippen LogP contribution in [0, 0.1) is 0 Å². The van der Waals surface area contributed by atoms with E-state index < -0.39 is 0 Å². The Kier molecular flexibility index (Phi) is 2.38. The molecule has 0 heterocycles. The van der Waals surface area contributed by atoms with Crippen LogP contribution in [0.25, 0.3) is 0 Å². The van der Waals surface area contributed by atoms with Gasteiger partial charge in [-0.3, -0.25) is 4.79 Å². The molecule has 1 aromatic carbocycles. The zero-order valence-electron chi connectivity index (χ0n) is 6.47. The Labute approximate surface area is 78.3 Å². The molecule has 0 amide bonds. The normalized spacial score (nSPS) is 9.83. The summed E-state index contributed by atoms with van der Waals surface area (Å²) in [7, 11) is 0. The first-order chi connectivity index (χ1) is 5.54. The van der Waals surface area contributed by atoms with Gasteiger partial charge >= 0.3 is 0 Å². The zero-order valence-corrected chi connectivity index (χ0v) is 8.05. The smallest absolute Gasteiger partial charge is 0.163 e. The molecule has 64 valence electrons. The van der Waals surface area contributed by atoms with Gasteiger partial charge in [-0.2, -0.15) is 0 Å². The number of carbonyl (C=O) groups excluding carboxylic acids is 1. The predicted octanol–water partition coefficient (Wildman–Crippen LogP) is 1.94. The number of hydrogen-bond acceptors (Lipinski definition) is 3. The van der Waals surface area contributed by atoms with Crippen molar-refractivity contribution in [2.45, 2.75) is 6.92 Å². The molecule has 4 heteroatoms. The largest absolute Gasteiger partial charge is 0.507 e. The highest BCUT2D eigenvalue weighted by Gasteiger charge is 2.12. The van der Waals surface area contributed by atoms with Crippen molar-refractivity contribution in [2.24, 2.45) is 0 Å². The maximum Gasteiger partial charge on any atom is 0.163 e. The lowest BCUT2D eigenvalue weighted by molar-refractivity contribution is 0.101. The molecule has 0 aliphatic carbocycles. The molecular formula is C8H8BrNO2. The molecule has 0 bridgehead atoms. The maximum atomic E-state index is 11.0. The van der Waals surface area contributed by atoms with Crippen LogP contribution in [-0.4, -0.2) is 10.9 Å². The molecule has 0 aromatic heterocycles. The molecule has 0 atom stereocenters. The molecule has 3 nitrogen and oxygen atoms in total. The summed E-state index contributed by atoms with van der Waals surface area (Å²) in [5.41, 5.74) is 6.23. The fraction of sp³-hybridized carbons (Fsp3) is 0.125. The Hall–Kier alpha value is -1.03. The van der Waals surface area contributed by atoms with Crippen molar-refractivity contribution in [2.75, 3.05) is 5.73 Å². The fourth-order valence-corrected chi connectivity index (χ4v) is 1.58. The Bertz CT molecular complexity index is 336. The predicted molar refractivity (Wildman–Crippen MR) is 50.2 cm³/mol. The highest BCUT2D eigenvalue weighted by molar-refractivity contribution is 9.10. The standard InChI is InChI=1S/C8H8BrNO2/c1-4(11)7-5(10)2-3-6(12)8(7)9/h2-3,12H,10H2,1H3. The highest BCUT2D eigenvalue weighted by Crippen LogP contribution is 2.31. The SMILES string of the molecule is CC(=O)c1c(N)ccc(O)c1Br. The molecule has 0 unspecified atom stereocenters. The summed E-state index contributed by atoms with van der Waals surface area (Å²) in [5.74, 6) is -0.148. The quantitative estimate of drug-likeness (QED) is 0.440. The van der Waals surface area contributed by atoms with Crippen LogP contribution in [-0.2, 0) is 0 Å². The Morgan fingerprint density at radius 2 is 2.17 bits per heavy atom. The average molecular weight is 230 g/mol. The van der Waals surface area contributed by atoms with E-state index in [2.05, 4.69) is 15.9 Å². The van der Waals surface area contributed by atoms with Crippen LogP contribution < -0.4 is 5.73 Å². The lowest BCUT2D eigenvalue weighted by atomic mass is 10.1. The number of phenols is 1. The van der Waals surface area contributed by atoms with Crippen LogP contribution in [0.4, 0.5) is 5.69 Å². The fourth-order valence-electron chi connectivity index (χ4n) is 0.938. The molecule has 0 radical (unpaired) electrons. The lowest BCUT2D eigenvalue weighted by Gasteiger charge is -2.05. The topological polar surface area (TPSA) is 63.3 Å². The number of ketones is 1. The monoisotopic (exact) mass is 229 g/mol. The maximum absolute atomic E-state index is 11.0. The molecule has 3 N–H and O–H groups in total. The number of Topliss-reactive ketones (excluding diaryl/α,β-unsaturated/α-hetero) is 1. The summed E-state index contributed by atoms with van der Waals surface area (Å²) in [6.45, 7) is 1.40. The number of rotatable bonds is 1. The first kappa shape index (κ1) is 9.06. The van der Waals surface area contributed by atoms with E-state index >= 15 is 0 Å². The molecule has 0 saturated heterocycles. The summed E-state index contributed by atoms with van der Waals surface area (Å²) in [6, 6.07) is 2.93. The molecular weight excluding hydrogens is 222 g/mol. The number of benzene rings is 1. The van der Waals surface area contributed by atoms with Gasteiger partial charge in [-0.15, -0.1) is 0 Å². The van der Waals surface area contributed by atoms with Crippen molar-refractivity contribution >= 4 is 27.4 Å². The van der Waals surface area contributed by atoms with Crippen LogP contribution in [0.2, 0.25) is 0 Å². The van der Waals surface area contributed by atoms with E-state index in [1.165, 1.54) is 19.1 Å². The molecule has 0 saturated carbocycles. The zero-order chi connectivity index (χ0) is 9.30. The van der Waals surface area contributed by atoms with Gasteiger partial charge in [-0.1, -0.05) is 0 Å². The minimum atomic E-state index is -0.171. The Morgan fingerprint density at radius 1 is 1.58 bits per heavy atom. The summed E-state index contributed by atoms with van der Waals surface area (Å²) >= 11 is 3.08. The molecule has 1 aromatic rings. The molecule has 0 spiro atoms. The van der Waals surface area contributed by atoms with Crippen molar-refractivity contribution < 1.29 is 9.90 Å². The van der Waals surface area contributed by atoms with Crippen LogP contribution in [0.5, 0.6) is 5.75 Å². The summed E-state index contributed by atoms with van der Waals surface area (Å²) in [6.07, 6.45) is 0. The van der Waals surface area contributed by atoms with Crippen molar-refractivity contribution in [1.82, 2.24) is 0 Å². The number of nitrogens with two attached hydrogens (primary N) is 1. The molecule has 0 aliphatic rings. The van der Waals surface area contributed by atoms with Gasteiger partial charge in [0.15, 0.2) is 5.78 Å². The second kappa shape index (κ2) is 3.15. The summed E-state index contributed by atoms with van der Waals surface area (Å²) in [5, 5.41) is 9.22. The summed E-state index contributed by atoms with van der Waals surface area (Å²) in [4.78, 5) is 11.0. The number of aromatic hydroxyl groups is 1. The number of hydrogen-bond donors (Lipinski definition) is 2. The first-order valence-corrected chi connectivity index (χ1v) is 4.11. The minimum absolute atomic E-state index is 0.0226. The lowest BCUT2D eigenvalue weighted by Crippen LogP contribution is -2.00. The summed E-state index contributed by atoms with van der Waals surface area (Å²) < 4.78 is 0.356.